The quantitative estimate of drug-likeness (QED) is 0.801. The molecule has 1 fully saturated rings. The summed E-state index contributed by atoms with van der Waals surface area (Å²) in [6.45, 7) is 1.56. The molecule has 6 heteroatoms. The van der Waals surface area contributed by atoms with E-state index in [1.165, 1.54) is 4.90 Å². The van der Waals surface area contributed by atoms with Crippen molar-refractivity contribution in [1.29, 1.82) is 0 Å². The number of benzene rings is 1. The first-order valence-corrected chi connectivity index (χ1v) is 9.39. The lowest BCUT2D eigenvalue weighted by Crippen LogP contribution is -2.40. The molecule has 2 aliphatic heterocycles. The molecule has 2 atom stereocenters. The number of hydrogen-bond donors (Lipinski definition) is 1. The summed E-state index contributed by atoms with van der Waals surface area (Å²) in [5.41, 5.74) is 1.78. The number of allylic oxidation sites excluding steroid dienone is 3. The van der Waals surface area contributed by atoms with Gasteiger partial charge in [0.1, 0.15) is 11.4 Å². The lowest BCUT2D eigenvalue weighted by molar-refractivity contribution is -0.134. The highest BCUT2D eigenvalue weighted by atomic mass is 16.5. The third-order valence-electron chi connectivity index (χ3n) is 5.62. The van der Waals surface area contributed by atoms with Gasteiger partial charge in [0.25, 0.3) is 5.91 Å². The van der Waals surface area contributed by atoms with Crippen LogP contribution in [0.3, 0.4) is 0 Å². The molecule has 29 heavy (non-hydrogen) atoms. The number of pyridine rings is 1. The lowest BCUT2D eigenvalue weighted by Gasteiger charge is -2.22. The van der Waals surface area contributed by atoms with Gasteiger partial charge in [0, 0.05) is 23.4 Å². The van der Waals surface area contributed by atoms with E-state index >= 15 is 0 Å². The van der Waals surface area contributed by atoms with Crippen molar-refractivity contribution in [2.24, 2.45) is 5.92 Å². The lowest BCUT2D eigenvalue weighted by atomic mass is 9.85. The Bertz CT molecular complexity index is 1140. The van der Waals surface area contributed by atoms with Crippen molar-refractivity contribution in [1.82, 2.24) is 4.98 Å². The number of amides is 1. The summed E-state index contributed by atoms with van der Waals surface area (Å²) in [4.78, 5) is 30.8. The molecule has 0 spiro atoms. The first-order valence-electron chi connectivity index (χ1n) is 9.39. The Balaban J connectivity index is 1.55. The fourth-order valence-corrected chi connectivity index (χ4v) is 4.12. The topological polar surface area (TPSA) is 79.7 Å². The number of cyclic esters (lactones) is 1. The molecule has 0 saturated carbocycles. The predicted octanol–water partition coefficient (Wildman–Crippen LogP) is 3.31. The second-order valence-electron chi connectivity index (χ2n) is 7.52. The highest BCUT2D eigenvalue weighted by molar-refractivity contribution is 6.07. The average molecular weight is 386 g/mol. The van der Waals surface area contributed by atoms with Gasteiger partial charge in [0.2, 0.25) is 0 Å². The molecule has 1 amide bonds. The minimum absolute atomic E-state index is 0.287. The number of aromatic nitrogens is 1. The number of fused-ring (bicyclic) bond motifs is 2. The summed E-state index contributed by atoms with van der Waals surface area (Å²) in [6.07, 6.45) is 11.2. The number of anilines is 1. The summed E-state index contributed by atoms with van der Waals surface area (Å²) in [5, 5.41) is 10.8. The Labute approximate surface area is 167 Å². The van der Waals surface area contributed by atoms with Gasteiger partial charge in [-0.2, -0.15) is 0 Å². The van der Waals surface area contributed by atoms with Gasteiger partial charge in [-0.05, 0) is 43.2 Å². The average Bonchev–Trinajstić information content (AvgIpc) is 3.14. The summed E-state index contributed by atoms with van der Waals surface area (Å²) in [6, 6.07) is 8.98. The van der Waals surface area contributed by atoms with Gasteiger partial charge in [-0.3, -0.25) is 14.7 Å². The van der Waals surface area contributed by atoms with E-state index in [-0.39, 0.29) is 17.8 Å². The highest BCUT2D eigenvalue weighted by Gasteiger charge is 2.53. The third-order valence-corrected chi connectivity index (χ3v) is 5.62. The molecule has 0 bridgehead atoms. The zero-order valence-corrected chi connectivity index (χ0v) is 15.7. The van der Waals surface area contributed by atoms with Gasteiger partial charge in [-0.25, -0.2) is 4.79 Å². The molecule has 6 nitrogen and oxygen atoms in total. The van der Waals surface area contributed by atoms with Crippen LogP contribution in [-0.4, -0.2) is 27.6 Å². The Hall–Kier alpha value is -3.51. The second kappa shape index (κ2) is 6.25. The van der Waals surface area contributed by atoms with Gasteiger partial charge in [-0.1, -0.05) is 30.4 Å². The maximum Gasteiger partial charge on any atom is 0.344 e. The normalized spacial score (nSPS) is 26.4. The van der Waals surface area contributed by atoms with Gasteiger partial charge in [0.05, 0.1) is 17.4 Å². The molecule has 3 aliphatic rings. The van der Waals surface area contributed by atoms with Crippen molar-refractivity contribution >= 4 is 29.4 Å². The maximum atomic E-state index is 13.0. The summed E-state index contributed by atoms with van der Waals surface area (Å²) >= 11 is 0. The zero-order chi connectivity index (χ0) is 20.2. The molecule has 3 heterocycles. The fraction of sp³-hybridized carbons (Fsp3) is 0.174. The van der Waals surface area contributed by atoms with E-state index in [1.807, 2.05) is 30.4 Å². The number of hydrogen-bond acceptors (Lipinski definition) is 5. The Morgan fingerprint density at radius 3 is 2.86 bits per heavy atom. The number of esters is 1. The van der Waals surface area contributed by atoms with Crippen LogP contribution in [0, 0.1) is 5.92 Å². The number of carbonyl (C=O) groups is 2. The molecular weight excluding hydrogens is 368 g/mol. The molecule has 1 saturated heterocycles. The van der Waals surface area contributed by atoms with Gasteiger partial charge in [0.15, 0.2) is 0 Å². The highest BCUT2D eigenvalue weighted by Crippen LogP contribution is 2.44. The van der Waals surface area contributed by atoms with Crippen molar-refractivity contribution in [2.75, 3.05) is 4.90 Å². The van der Waals surface area contributed by atoms with Crippen LogP contribution in [-0.2, 0) is 9.53 Å². The van der Waals surface area contributed by atoms with E-state index in [9.17, 15) is 14.7 Å². The van der Waals surface area contributed by atoms with Gasteiger partial charge < -0.3 is 9.84 Å². The number of nitrogens with zero attached hydrogens (tertiary/aromatic N) is 2. The van der Waals surface area contributed by atoms with Crippen LogP contribution in [0.25, 0.3) is 11.8 Å². The van der Waals surface area contributed by atoms with Crippen LogP contribution < -0.4 is 4.90 Å². The second-order valence-corrected chi connectivity index (χ2v) is 7.52. The van der Waals surface area contributed by atoms with Crippen LogP contribution in [0.5, 0.6) is 0 Å². The molecule has 1 unspecified atom stereocenters. The maximum absolute atomic E-state index is 13.0. The van der Waals surface area contributed by atoms with Crippen LogP contribution in [0.2, 0.25) is 0 Å². The standard InChI is InChI=1S/C23H18N2O4/c1-23(28)18-8-4-5-9-19(18)25(22(23)27)15-10-14(12-24-13-15)11-20-16-6-2-3-7-17(16)21(26)29-20/h2-7,9-13,18,28H,8H2,1H3/t18?,23-/m1/s1. The Morgan fingerprint density at radius 1 is 1.24 bits per heavy atom. The fourth-order valence-electron chi connectivity index (χ4n) is 4.12. The number of ether oxygens (including phenoxy) is 1. The molecule has 1 N–H and O–H groups in total. The minimum atomic E-state index is -1.47. The van der Waals surface area contributed by atoms with Crippen LogP contribution in [0.15, 0.2) is 66.7 Å². The first-order chi connectivity index (χ1) is 14.0. The van der Waals surface area contributed by atoms with Crippen LogP contribution >= 0.6 is 0 Å². The molecule has 1 aliphatic carbocycles. The third kappa shape index (κ3) is 2.64. The van der Waals surface area contributed by atoms with E-state index in [0.717, 1.165) is 11.3 Å². The molecule has 5 rings (SSSR count). The van der Waals surface area contributed by atoms with Crippen molar-refractivity contribution in [3.63, 3.8) is 0 Å². The molecular formula is C23H18N2O4. The van der Waals surface area contributed by atoms with E-state index in [2.05, 4.69) is 4.98 Å². The van der Waals surface area contributed by atoms with E-state index < -0.39 is 5.60 Å². The molecule has 2 aromatic rings. The summed E-state index contributed by atoms with van der Waals surface area (Å²) in [5.74, 6) is -0.600. The monoisotopic (exact) mass is 386 g/mol. The smallest absolute Gasteiger partial charge is 0.344 e. The predicted molar refractivity (Wildman–Crippen MR) is 107 cm³/mol. The Kier molecular flexibility index (Phi) is 3.79. The number of rotatable bonds is 2. The van der Waals surface area contributed by atoms with Crippen molar-refractivity contribution in [3.8, 4) is 0 Å². The Morgan fingerprint density at radius 2 is 2.03 bits per heavy atom. The SMILES string of the molecule is C[C@]1(O)C(=O)N(c2cncc(C=C3OC(=O)c4ccccc43)c2)C2=CC=CCC21. The molecule has 144 valence electrons. The van der Waals surface area contributed by atoms with Gasteiger partial charge >= 0.3 is 5.97 Å². The zero-order valence-electron chi connectivity index (χ0n) is 15.7. The van der Waals surface area contributed by atoms with Crippen LogP contribution in [0.1, 0.15) is 34.8 Å². The molecule has 0 radical (unpaired) electrons. The largest absolute Gasteiger partial charge is 0.422 e. The first kappa shape index (κ1) is 17.6. The van der Waals surface area contributed by atoms with Crippen molar-refractivity contribution in [2.45, 2.75) is 18.9 Å². The van der Waals surface area contributed by atoms with Crippen LogP contribution in [0.4, 0.5) is 5.69 Å². The van der Waals surface area contributed by atoms with Crippen molar-refractivity contribution in [3.05, 3.63) is 83.3 Å². The van der Waals surface area contributed by atoms with E-state index in [1.54, 1.807) is 43.6 Å². The van der Waals surface area contributed by atoms with E-state index in [4.69, 9.17) is 4.74 Å². The molecule has 1 aromatic heterocycles. The number of carbonyl (C=O) groups excluding carboxylic acids is 2. The number of aliphatic hydroxyl groups is 1. The summed E-state index contributed by atoms with van der Waals surface area (Å²) < 4.78 is 5.39. The summed E-state index contributed by atoms with van der Waals surface area (Å²) in [7, 11) is 0. The molecule has 1 aromatic carbocycles. The van der Waals surface area contributed by atoms with Crippen molar-refractivity contribution < 1.29 is 19.4 Å². The minimum Gasteiger partial charge on any atom is -0.422 e. The van der Waals surface area contributed by atoms with Gasteiger partial charge in [-0.15, -0.1) is 0 Å². The van der Waals surface area contributed by atoms with E-state index in [0.29, 0.717) is 29.0 Å².